The van der Waals surface area contributed by atoms with Crippen molar-refractivity contribution in [1.29, 1.82) is 0 Å². The van der Waals surface area contributed by atoms with Gasteiger partial charge in [-0.05, 0) is 18.6 Å². The van der Waals surface area contributed by atoms with E-state index in [1.807, 2.05) is 0 Å². The van der Waals surface area contributed by atoms with Crippen LogP contribution in [0.15, 0.2) is 18.2 Å². The number of nitrogens with zero attached hydrogens (tertiary/aromatic N) is 1. The largest absolute Gasteiger partial charge is 0.496 e. The van der Waals surface area contributed by atoms with Crippen LogP contribution in [0.1, 0.15) is 18.0 Å². The molecule has 2 unspecified atom stereocenters. The lowest BCUT2D eigenvalue weighted by atomic mass is 10.0. The van der Waals surface area contributed by atoms with Crippen LogP contribution < -0.4 is 10.5 Å². The Morgan fingerprint density at radius 2 is 2.38 bits per heavy atom. The highest BCUT2D eigenvalue weighted by Crippen LogP contribution is 2.28. The van der Waals surface area contributed by atoms with Crippen molar-refractivity contribution in [2.24, 2.45) is 5.73 Å². The fourth-order valence-electron chi connectivity index (χ4n) is 2.66. The molecular weight excluding hydrogens is 275 g/mol. The molecule has 6 heteroatoms. The van der Waals surface area contributed by atoms with Gasteiger partial charge in [-0.2, -0.15) is 0 Å². The maximum Gasteiger partial charge on any atom is 0.131 e. The molecule has 0 bridgehead atoms. The number of halogens is 1. The van der Waals surface area contributed by atoms with E-state index in [2.05, 4.69) is 4.90 Å². The minimum atomic E-state index is -0.441. The number of benzene rings is 1. The van der Waals surface area contributed by atoms with E-state index in [-0.39, 0.29) is 18.5 Å². The van der Waals surface area contributed by atoms with Crippen LogP contribution in [0.25, 0.3) is 0 Å². The zero-order chi connectivity index (χ0) is 15.2. The first-order valence-electron chi connectivity index (χ1n) is 7.18. The number of ether oxygens (including phenoxy) is 2. The van der Waals surface area contributed by atoms with Crippen LogP contribution in [-0.2, 0) is 4.74 Å². The summed E-state index contributed by atoms with van der Waals surface area (Å²) in [6.45, 7) is 2.67. The van der Waals surface area contributed by atoms with Gasteiger partial charge in [0.2, 0.25) is 0 Å². The normalized spacial score (nSPS) is 21.2. The molecule has 1 aromatic rings. The highest BCUT2D eigenvalue weighted by atomic mass is 19.1. The Labute approximate surface area is 124 Å². The summed E-state index contributed by atoms with van der Waals surface area (Å²) in [4.78, 5) is 2.14. The molecule has 21 heavy (non-hydrogen) atoms. The molecule has 1 fully saturated rings. The summed E-state index contributed by atoms with van der Waals surface area (Å²) in [5.74, 6) is 0.130. The molecule has 0 aliphatic carbocycles. The summed E-state index contributed by atoms with van der Waals surface area (Å²) in [5, 5.41) is 9.34. The number of aliphatic hydroxyl groups excluding tert-OH is 1. The second kappa shape index (κ2) is 7.70. The lowest BCUT2D eigenvalue weighted by Crippen LogP contribution is -2.48. The SMILES string of the molecule is COc1cccc(F)c1C(N)CCN1CCOCC1CO. The van der Waals surface area contributed by atoms with E-state index in [0.717, 1.165) is 6.54 Å². The molecule has 0 amide bonds. The second-order valence-corrected chi connectivity index (χ2v) is 5.20. The number of methoxy groups -OCH3 is 1. The third kappa shape index (κ3) is 3.91. The molecule has 1 aliphatic rings. The van der Waals surface area contributed by atoms with Gasteiger partial charge in [0.15, 0.2) is 0 Å². The van der Waals surface area contributed by atoms with E-state index in [9.17, 15) is 9.50 Å². The molecule has 0 radical (unpaired) electrons. The zero-order valence-electron chi connectivity index (χ0n) is 12.3. The minimum absolute atomic E-state index is 0.00605. The molecule has 3 N–H and O–H groups in total. The smallest absolute Gasteiger partial charge is 0.131 e. The van der Waals surface area contributed by atoms with Gasteiger partial charge in [-0.25, -0.2) is 4.39 Å². The standard InChI is InChI=1S/C15H23FN2O3/c1-20-14-4-2-3-12(16)15(14)13(17)5-6-18-7-8-21-10-11(18)9-19/h2-4,11,13,19H,5-10,17H2,1H3. The minimum Gasteiger partial charge on any atom is -0.496 e. The van der Waals surface area contributed by atoms with Gasteiger partial charge in [0.05, 0.1) is 33.0 Å². The average molecular weight is 298 g/mol. The Balaban J connectivity index is 2.00. The Kier molecular flexibility index (Phi) is 5.93. The maximum atomic E-state index is 14.0. The van der Waals surface area contributed by atoms with E-state index in [1.165, 1.54) is 13.2 Å². The van der Waals surface area contributed by atoms with Crippen molar-refractivity contribution < 1.29 is 19.0 Å². The summed E-state index contributed by atoms with van der Waals surface area (Å²) in [7, 11) is 1.51. The van der Waals surface area contributed by atoms with Gasteiger partial charge in [0.25, 0.3) is 0 Å². The lowest BCUT2D eigenvalue weighted by molar-refractivity contribution is -0.0283. The molecule has 118 valence electrons. The van der Waals surface area contributed by atoms with Crippen molar-refractivity contribution in [2.45, 2.75) is 18.5 Å². The average Bonchev–Trinajstić information content (AvgIpc) is 2.52. The summed E-state index contributed by atoms with van der Waals surface area (Å²) in [5.41, 5.74) is 6.55. The Hall–Kier alpha value is -1.21. The fourth-order valence-corrected chi connectivity index (χ4v) is 2.66. The lowest BCUT2D eigenvalue weighted by Gasteiger charge is -2.35. The molecule has 0 aromatic heterocycles. The van der Waals surface area contributed by atoms with Crippen LogP contribution in [0.3, 0.4) is 0 Å². The van der Waals surface area contributed by atoms with Crippen molar-refractivity contribution in [3.8, 4) is 5.75 Å². The third-order valence-corrected chi connectivity index (χ3v) is 3.89. The Bertz CT molecular complexity index is 459. The quantitative estimate of drug-likeness (QED) is 0.817. The Morgan fingerprint density at radius 3 is 3.10 bits per heavy atom. The number of hydrogen-bond acceptors (Lipinski definition) is 5. The van der Waals surface area contributed by atoms with E-state index in [4.69, 9.17) is 15.2 Å². The molecule has 1 saturated heterocycles. The number of morpholine rings is 1. The second-order valence-electron chi connectivity index (χ2n) is 5.20. The van der Waals surface area contributed by atoms with Crippen molar-refractivity contribution in [1.82, 2.24) is 4.90 Å². The van der Waals surface area contributed by atoms with Crippen LogP contribution >= 0.6 is 0 Å². The van der Waals surface area contributed by atoms with Crippen molar-refractivity contribution in [2.75, 3.05) is 40.0 Å². The van der Waals surface area contributed by atoms with Crippen molar-refractivity contribution >= 4 is 0 Å². The molecule has 1 aromatic carbocycles. The summed E-state index contributed by atoms with van der Waals surface area (Å²) in [6.07, 6.45) is 0.591. The van der Waals surface area contributed by atoms with Gasteiger partial charge in [0, 0.05) is 24.7 Å². The monoisotopic (exact) mass is 298 g/mol. The fraction of sp³-hybridized carbons (Fsp3) is 0.600. The molecule has 2 rings (SSSR count). The molecule has 1 heterocycles. The van der Waals surface area contributed by atoms with Gasteiger partial charge in [-0.3, -0.25) is 4.90 Å². The van der Waals surface area contributed by atoms with Crippen LogP contribution in [-0.4, -0.2) is 56.1 Å². The predicted octanol–water partition coefficient (Wildman–Crippen LogP) is 0.917. The van der Waals surface area contributed by atoms with Gasteiger partial charge in [-0.15, -0.1) is 0 Å². The predicted molar refractivity (Wildman–Crippen MR) is 77.8 cm³/mol. The number of rotatable bonds is 6. The first-order chi connectivity index (χ1) is 10.2. The first-order valence-corrected chi connectivity index (χ1v) is 7.18. The molecule has 1 aliphatic heterocycles. The highest BCUT2D eigenvalue weighted by Gasteiger charge is 2.24. The van der Waals surface area contributed by atoms with Gasteiger partial charge >= 0.3 is 0 Å². The number of hydrogen-bond donors (Lipinski definition) is 2. The van der Waals surface area contributed by atoms with Crippen LogP contribution in [0, 0.1) is 5.82 Å². The van der Waals surface area contributed by atoms with Gasteiger partial charge in [0.1, 0.15) is 11.6 Å². The molecule has 0 spiro atoms. The van der Waals surface area contributed by atoms with Crippen molar-refractivity contribution in [3.05, 3.63) is 29.6 Å². The summed E-state index contributed by atoms with van der Waals surface area (Å²) in [6, 6.07) is 4.26. The van der Waals surface area contributed by atoms with E-state index in [1.54, 1.807) is 12.1 Å². The molecule has 2 atom stereocenters. The molecular formula is C15H23FN2O3. The van der Waals surface area contributed by atoms with Crippen LogP contribution in [0.4, 0.5) is 4.39 Å². The van der Waals surface area contributed by atoms with Crippen LogP contribution in [0.2, 0.25) is 0 Å². The topological polar surface area (TPSA) is 68.0 Å². The van der Waals surface area contributed by atoms with Gasteiger partial charge in [-0.1, -0.05) is 6.07 Å². The highest BCUT2D eigenvalue weighted by molar-refractivity contribution is 5.37. The third-order valence-electron chi connectivity index (χ3n) is 3.89. The van der Waals surface area contributed by atoms with Crippen molar-refractivity contribution in [3.63, 3.8) is 0 Å². The molecule has 5 nitrogen and oxygen atoms in total. The summed E-state index contributed by atoms with van der Waals surface area (Å²) < 4.78 is 24.5. The number of nitrogens with two attached hydrogens (primary N) is 1. The van der Waals surface area contributed by atoms with E-state index in [0.29, 0.717) is 37.5 Å². The number of aliphatic hydroxyl groups is 1. The molecule has 0 saturated carbocycles. The maximum absolute atomic E-state index is 14.0. The zero-order valence-corrected chi connectivity index (χ0v) is 12.3. The summed E-state index contributed by atoms with van der Waals surface area (Å²) >= 11 is 0. The Morgan fingerprint density at radius 1 is 1.57 bits per heavy atom. The van der Waals surface area contributed by atoms with Gasteiger partial charge < -0.3 is 20.3 Å². The van der Waals surface area contributed by atoms with E-state index < -0.39 is 6.04 Å². The first kappa shape index (κ1) is 16.2. The van der Waals surface area contributed by atoms with E-state index >= 15 is 0 Å². The van der Waals surface area contributed by atoms with Crippen LogP contribution in [0.5, 0.6) is 5.75 Å².